The van der Waals surface area contributed by atoms with Crippen molar-refractivity contribution in [3.05, 3.63) is 11.5 Å². The van der Waals surface area contributed by atoms with Gasteiger partial charge in [0.05, 0.1) is 0 Å². The van der Waals surface area contributed by atoms with E-state index < -0.39 is 11.7 Å². The van der Waals surface area contributed by atoms with Crippen LogP contribution in [-0.4, -0.2) is 30.8 Å². The zero-order valence-corrected chi connectivity index (χ0v) is 11.7. The molecule has 0 fully saturated rings. The van der Waals surface area contributed by atoms with Crippen molar-refractivity contribution in [1.29, 1.82) is 0 Å². The Morgan fingerprint density at radius 3 is 2.41 bits per heavy atom. The Hall–Kier alpha value is -0.291. The molecule has 0 aliphatic heterocycles. The second-order valence-electron chi connectivity index (χ2n) is 4.83. The fourth-order valence-corrected chi connectivity index (χ4v) is 1.12. The van der Waals surface area contributed by atoms with Crippen molar-refractivity contribution in [2.24, 2.45) is 0 Å². The molecule has 0 radical (unpaired) electrons. The minimum Gasteiger partial charge on any atom is -0.679 e. The monoisotopic (exact) mass is 292 g/mol. The van der Waals surface area contributed by atoms with Crippen LogP contribution >= 0.6 is 0 Å². The van der Waals surface area contributed by atoms with E-state index in [0.717, 1.165) is 19.3 Å². The molecule has 0 spiro atoms. The summed E-state index contributed by atoms with van der Waals surface area (Å²) in [5.74, 6) is 0. The number of carbonyl (C=O) groups is 1. The van der Waals surface area contributed by atoms with Crippen LogP contribution in [0.25, 0.3) is 11.5 Å². The van der Waals surface area contributed by atoms with Crippen molar-refractivity contribution >= 4 is 6.09 Å². The van der Waals surface area contributed by atoms with Crippen molar-refractivity contribution in [3.8, 4) is 0 Å². The van der Waals surface area contributed by atoms with Crippen molar-refractivity contribution in [2.45, 2.75) is 51.7 Å². The fraction of sp³-hybridized carbons (Fsp3) is 0.909. The van der Waals surface area contributed by atoms with Gasteiger partial charge in [0.15, 0.2) is 0 Å². The Morgan fingerprint density at radius 2 is 1.94 bits per heavy atom. The summed E-state index contributed by atoms with van der Waals surface area (Å²) in [6.45, 7) is 6.20. The molecule has 5 nitrogen and oxygen atoms in total. The molecule has 0 bridgehead atoms. The van der Waals surface area contributed by atoms with Gasteiger partial charge in [-0.15, -0.1) is 0 Å². The average molecular weight is 293 g/mol. The van der Waals surface area contributed by atoms with Crippen LogP contribution in [0.1, 0.15) is 40.0 Å². The second-order valence-corrected chi connectivity index (χ2v) is 4.83. The molecule has 106 valence electrons. The van der Waals surface area contributed by atoms with Crippen LogP contribution in [0.15, 0.2) is 0 Å². The number of nitrogens with one attached hydrogen (secondary N) is 3. The third-order valence-corrected chi connectivity index (χ3v) is 1.89. The van der Waals surface area contributed by atoms with Crippen LogP contribution in [0.5, 0.6) is 0 Å². The average Bonchev–Trinajstić information content (AvgIpc) is 2.14. The molecule has 0 aliphatic rings. The first kappa shape index (κ1) is 19.1. The zero-order chi connectivity index (χ0) is 12.6. The second kappa shape index (κ2) is 9.71. The Bertz CT molecular complexity index is 207. The van der Waals surface area contributed by atoms with Crippen LogP contribution in [0.4, 0.5) is 4.79 Å². The molecule has 0 heterocycles. The predicted molar refractivity (Wildman–Crippen MR) is 65.4 cm³/mol. The number of hydrogen-bond donors (Lipinski definition) is 1. The molecule has 0 aromatic heterocycles. The summed E-state index contributed by atoms with van der Waals surface area (Å²) < 4.78 is 5.07. The maximum Gasteiger partial charge on any atom is 1.00 e. The summed E-state index contributed by atoms with van der Waals surface area (Å²) in [4.78, 5) is 11.2. The summed E-state index contributed by atoms with van der Waals surface area (Å²) in [6, 6.07) is -0.290. The van der Waals surface area contributed by atoms with Crippen LogP contribution in [0.2, 0.25) is 0 Å². The summed E-state index contributed by atoms with van der Waals surface area (Å²) in [7, 11) is 0. The Balaban J connectivity index is 0. The first-order chi connectivity index (χ1) is 7.35. The van der Waals surface area contributed by atoms with Gasteiger partial charge < -0.3 is 21.5 Å². The number of rotatable bonds is 6. The molecule has 17 heavy (non-hydrogen) atoms. The number of carbonyl (C=O) groups excluding carboxylic acids is 1. The van der Waals surface area contributed by atoms with Gasteiger partial charge in [0.2, 0.25) is 0 Å². The summed E-state index contributed by atoms with van der Waals surface area (Å²) in [6.07, 6.45) is 2.02. The number of amides is 1. The van der Waals surface area contributed by atoms with E-state index in [1.165, 1.54) is 0 Å². The van der Waals surface area contributed by atoms with Gasteiger partial charge in [0, 0.05) is 6.54 Å². The van der Waals surface area contributed by atoms with E-state index in [2.05, 4.69) is 5.32 Å². The minimum atomic E-state index is -0.457. The third kappa shape index (κ3) is 13.6. The Morgan fingerprint density at radius 1 is 1.35 bits per heavy atom. The van der Waals surface area contributed by atoms with Gasteiger partial charge in [0.1, 0.15) is 5.60 Å². The topological polar surface area (TPSA) is 85.9 Å². The molecule has 0 saturated heterocycles. The molecule has 0 aliphatic carbocycles. The van der Waals surface area contributed by atoms with Crippen molar-refractivity contribution in [2.75, 3.05) is 13.1 Å². The quantitative estimate of drug-likeness (QED) is 0.602. The number of hydrogen-bond acceptors (Lipinski definition) is 2. The van der Waals surface area contributed by atoms with Gasteiger partial charge in [0.25, 0.3) is 0 Å². The van der Waals surface area contributed by atoms with E-state index in [0.29, 0.717) is 6.54 Å². The molecule has 0 saturated carbocycles. The number of ether oxygens (including phenoxy) is 1. The van der Waals surface area contributed by atoms with Crippen LogP contribution < -0.4 is 5.32 Å². The van der Waals surface area contributed by atoms with Gasteiger partial charge in [-0.25, -0.2) is 4.79 Å². The van der Waals surface area contributed by atoms with E-state index >= 15 is 0 Å². The SMILES string of the molecule is CC(C)(C)OC(=O)NCCCCC([NH-])C[NH-].[Cu+]. The van der Waals surface area contributed by atoms with Crippen LogP contribution in [0, 0.1) is 0 Å². The van der Waals surface area contributed by atoms with Crippen molar-refractivity contribution in [1.82, 2.24) is 5.32 Å². The summed E-state index contributed by atoms with van der Waals surface area (Å²) in [5, 5.41) is 2.66. The maximum atomic E-state index is 11.2. The minimum absolute atomic E-state index is 0. The fourth-order valence-electron chi connectivity index (χ4n) is 1.12. The molecule has 3 N–H and O–H groups in total. The van der Waals surface area contributed by atoms with Crippen molar-refractivity contribution in [3.63, 3.8) is 0 Å². The molecular weight excluding hydrogens is 270 g/mol. The summed E-state index contributed by atoms with van der Waals surface area (Å²) >= 11 is 0. The molecule has 0 aromatic rings. The zero-order valence-electron chi connectivity index (χ0n) is 10.7. The molecule has 0 aromatic carbocycles. The van der Waals surface area contributed by atoms with Crippen LogP contribution in [0.3, 0.4) is 0 Å². The van der Waals surface area contributed by atoms with Gasteiger partial charge in [-0.3, -0.25) is 0 Å². The van der Waals surface area contributed by atoms with E-state index in [-0.39, 0.29) is 29.7 Å². The number of unbranched alkanes of at least 4 members (excludes halogenated alkanes) is 1. The molecule has 0 rings (SSSR count). The first-order valence-electron chi connectivity index (χ1n) is 5.67. The van der Waals surface area contributed by atoms with E-state index in [9.17, 15) is 4.79 Å². The Labute approximate surface area is 114 Å². The molecule has 1 amide bonds. The van der Waals surface area contributed by atoms with Gasteiger partial charge >= 0.3 is 23.2 Å². The standard InChI is InChI=1S/C11H23N3O2.Cu/c1-11(2,3)16-10(15)14-7-5-4-6-9(13)8-12;/h9,12-13H,4-8H2,1-3H3,(H,14,15);/q-2;+1. The predicted octanol–water partition coefficient (Wildman–Crippen LogP) is 3.15. The van der Waals surface area contributed by atoms with Gasteiger partial charge in [-0.1, -0.05) is 12.8 Å². The Kier molecular flexibility index (Phi) is 10.9. The normalized spacial score (nSPS) is 12.5. The molecule has 1 unspecified atom stereocenters. The van der Waals surface area contributed by atoms with E-state index in [1.807, 2.05) is 20.8 Å². The molecule has 1 atom stereocenters. The number of alkyl carbamates (subject to hydrolysis) is 1. The third-order valence-electron chi connectivity index (χ3n) is 1.89. The summed E-state index contributed by atoms with van der Waals surface area (Å²) in [5.41, 5.74) is 13.9. The van der Waals surface area contributed by atoms with Crippen molar-refractivity contribution < 1.29 is 26.6 Å². The van der Waals surface area contributed by atoms with Gasteiger partial charge in [-0.2, -0.15) is 12.6 Å². The smallest absolute Gasteiger partial charge is 0.679 e. The van der Waals surface area contributed by atoms with Gasteiger partial charge in [-0.05, 0) is 27.2 Å². The molecular formula is C11H23CuN3O2-. The van der Waals surface area contributed by atoms with E-state index in [4.69, 9.17) is 16.2 Å². The van der Waals surface area contributed by atoms with Crippen LogP contribution in [-0.2, 0) is 21.8 Å². The van der Waals surface area contributed by atoms with E-state index in [1.54, 1.807) is 0 Å². The maximum absolute atomic E-state index is 11.2. The first-order valence-corrected chi connectivity index (χ1v) is 5.67. The largest absolute Gasteiger partial charge is 1.00 e. The molecule has 6 heteroatoms.